The van der Waals surface area contributed by atoms with E-state index in [0.717, 1.165) is 11.3 Å². The van der Waals surface area contributed by atoms with Gasteiger partial charge in [0.1, 0.15) is 6.61 Å². The summed E-state index contributed by atoms with van der Waals surface area (Å²) in [5.41, 5.74) is 4.19. The molecule has 6 heteroatoms. The molecule has 1 unspecified atom stereocenters. The number of carbonyl (C=O) groups is 1. The summed E-state index contributed by atoms with van der Waals surface area (Å²) in [4.78, 5) is 16.7. The van der Waals surface area contributed by atoms with E-state index in [0.29, 0.717) is 23.7 Å². The van der Waals surface area contributed by atoms with Crippen LogP contribution in [0.1, 0.15) is 34.6 Å². The molecule has 1 atom stereocenters. The molecular formula is C20H20N2O3S. The Morgan fingerprint density at radius 3 is 2.69 bits per heavy atom. The number of benzene rings is 2. The molecule has 0 bridgehead atoms. The van der Waals surface area contributed by atoms with Crippen molar-refractivity contribution in [3.63, 3.8) is 0 Å². The predicted octanol–water partition coefficient (Wildman–Crippen LogP) is 4.22. The number of methoxy groups -OCH3 is 1. The molecule has 3 aromatic rings. The van der Waals surface area contributed by atoms with Crippen molar-refractivity contribution in [2.75, 3.05) is 7.11 Å². The zero-order chi connectivity index (χ0) is 18.4. The Morgan fingerprint density at radius 2 is 2.00 bits per heavy atom. The number of aromatic nitrogens is 1. The van der Waals surface area contributed by atoms with E-state index in [1.807, 2.05) is 42.6 Å². The van der Waals surface area contributed by atoms with Gasteiger partial charge < -0.3 is 14.8 Å². The second-order valence-corrected chi connectivity index (χ2v) is 6.46. The first kappa shape index (κ1) is 17.9. The zero-order valence-electron chi connectivity index (χ0n) is 14.6. The summed E-state index contributed by atoms with van der Waals surface area (Å²) in [6.07, 6.45) is 0. The number of nitrogens with zero attached hydrogens (tertiary/aromatic N) is 1. The number of carbonyl (C=O) groups excluding carboxylic acids is 1. The van der Waals surface area contributed by atoms with Crippen LogP contribution in [0.15, 0.2) is 59.4 Å². The monoisotopic (exact) mass is 368 g/mol. The van der Waals surface area contributed by atoms with Crippen molar-refractivity contribution >= 4 is 17.2 Å². The number of hydrogen-bond donors (Lipinski definition) is 1. The van der Waals surface area contributed by atoms with Crippen molar-refractivity contribution in [2.45, 2.75) is 19.6 Å². The first-order valence-electron chi connectivity index (χ1n) is 8.21. The summed E-state index contributed by atoms with van der Waals surface area (Å²) < 4.78 is 11.1. The summed E-state index contributed by atoms with van der Waals surface area (Å²) in [7, 11) is 1.55. The molecule has 26 heavy (non-hydrogen) atoms. The van der Waals surface area contributed by atoms with E-state index in [1.54, 1.807) is 30.8 Å². The van der Waals surface area contributed by atoms with Crippen LogP contribution >= 0.6 is 11.3 Å². The largest absolute Gasteiger partial charge is 0.493 e. The highest BCUT2D eigenvalue weighted by molar-refractivity contribution is 7.07. The van der Waals surface area contributed by atoms with Crippen molar-refractivity contribution < 1.29 is 14.3 Å². The first-order chi connectivity index (χ1) is 12.7. The van der Waals surface area contributed by atoms with Crippen LogP contribution in [0.4, 0.5) is 0 Å². The first-order valence-corrected chi connectivity index (χ1v) is 9.15. The van der Waals surface area contributed by atoms with Crippen LogP contribution in [0.3, 0.4) is 0 Å². The molecule has 5 nitrogen and oxygen atoms in total. The minimum absolute atomic E-state index is 0.0877. The second kappa shape index (κ2) is 8.49. The number of rotatable bonds is 7. The van der Waals surface area contributed by atoms with Gasteiger partial charge in [-0.3, -0.25) is 4.79 Å². The van der Waals surface area contributed by atoms with Gasteiger partial charge in [-0.25, -0.2) is 4.98 Å². The van der Waals surface area contributed by atoms with Crippen molar-refractivity contribution in [1.29, 1.82) is 0 Å². The van der Waals surface area contributed by atoms with Gasteiger partial charge in [0.15, 0.2) is 11.5 Å². The molecule has 0 aliphatic heterocycles. The fourth-order valence-corrected chi connectivity index (χ4v) is 3.04. The van der Waals surface area contributed by atoms with Crippen LogP contribution in [-0.2, 0) is 6.61 Å². The lowest BCUT2D eigenvalue weighted by atomic mass is 10.1. The lowest BCUT2D eigenvalue weighted by Gasteiger charge is -2.15. The molecule has 0 saturated heterocycles. The molecule has 1 heterocycles. The highest BCUT2D eigenvalue weighted by Crippen LogP contribution is 2.29. The molecule has 1 N–H and O–H groups in total. The van der Waals surface area contributed by atoms with E-state index in [9.17, 15) is 4.79 Å². The molecule has 0 radical (unpaired) electrons. The van der Waals surface area contributed by atoms with Crippen molar-refractivity contribution in [3.8, 4) is 11.5 Å². The summed E-state index contributed by atoms with van der Waals surface area (Å²) in [5.74, 6) is 0.930. The maximum atomic E-state index is 12.5. The highest BCUT2D eigenvalue weighted by Gasteiger charge is 2.14. The lowest BCUT2D eigenvalue weighted by molar-refractivity contribution is 0.0939. The summed E-state index contributed by atoms with van der Waals surface area (Å²) >= 11 is 1.52. The summed E-state index contributed by atoms with van der Waals surface area (Å²) in [5, 5.41) is 4.92. The minimum atomic E-state index is -0.161. The Bertz CT molecular complexity index is 851. The third kappa shape index (κ3) is 4.40. The molecule has 1 amide bonds. The standard InChI is InChI=1S/C20H20N2O3S/c1-14(15-6-4-3-5-7-15)22-20(23)16-8-9-18(19(10-16)24-2)25-11-17-12-26-13-21-17/h3-10,12-14H,11H2,1-2H3,(H,22,23). The van der Waals surface area contributed by atoms with E-state index in [2.05, 4.69) is 10.3 Å². The van der Waals surface area contributed by atoms with Crippen LogP contribution in [0, 0.1) is 0 Å². The smallest absolute Gasteiger partial charge is 0.251 e. The molecule has 134 valence electrons. The minimum Gasteiger partial charge on any atom is -0.493 e. The van der Waals surface area contributed by atoms with E-state index < -0.39 is 0 Å². The Morgan fingerprint density at radius 1 is 1.19 bits per heavy atom. The fraction of sp³-hybridized carbons (Fsp3) is 0.200. The number of nitrogens with one attached hydrogen (secondary N) is 1. The molecule has 0 spiro atoms. The van der Waals surface area contributed by atoms with Crippen LogP contribution in [0.25, 0.3) is 0 Å². The quantitative estimate of drug-likeness (QED) is 0.678. The summed E-state index contributed by atoms with van der Waals surface area (Å²) in [6.45, 7) is 2.31. The molecule has 2 aromatic carbocycles. The molecule has 0 fully saturated rings. The third-order valence-electron chi connectivity index (χ3n) is 3.93. The number of amides is 1. The maximum absolute atomic E-state index is 12.5. The van der Waals surface area contributed by atoms with Crippen molar-refractivity contribution in [1.82, 2.24) is 10.3 Å². The fourth-order valence-electron chi connectivity index (χ4n) is 2.49. The van der Waals surface area contributed by atoms with Crippen LogP contribution in [0.5, 0.6) is 11.5 Å². The van der Waals surface area contributed by atoms with Gasteiger partial charge in [-0.1, -0.05) is 30.3 Å². The van der Waals surface area contributed by atoms with Gasteiger partial charge in [0.25, 0.3) is 5.91 Å². The lowest BCUT2D eigenvalue weighted by Crippen LogP contribution is -2.26. The Labute approximate surface area is 156 Å². The average Bonchev–Trinajstić information content (AvgIpc) is 3.20. The zero-order valence-corrected chi connectivity index (χ0v) is 15.5. The van der Waals surface area contributed by atoms with E-state index in [4.69, 9.17) is 9.47 Å². The average molecular weight is 368 g/mol. The van der Waals surface area contributed by atoms with Gasteiger partial charge in [-0.2, -0.15) is 0 Å². The van der Waals surface area contributed by atoms with Gasteiger partial charge in [0.2, 0.25) is 0 Å². The number of thiazole rings is 1. The van der Waals surface area contributed by atoms with E-state index in [1.165, 1.54) is 11.3 Å². The predicted molar refractivity (Wildman–Crippen MR) is 102 cm³/mol. The number of hydrogen-bond acceptors (Lipinski definition) is 5. The molecule has 1 aromatic heterocycles. The normalized spacial score (nSPS) is 11.6. The Kier molecular flexibility index (Phi) is 5.86. The van der Waals surface area contributed by atoms with Crippen LogP contribution in [0.2, 0.25) is 0 Å². The molecule has 0 aliphatic carbocycles. The number of ether oxygens (including phenoxy) is 2. The molecular weight excluding hydrogens is 348 g/mol. The third-order valence-corrected chi connectivity index (χ3v) is 4.57. The maximum Gasteiger partial charge on any atom is 0.251 e. The molecule has 0 saturated carbocycles. The SMILES string of the molecule is COc1cc(C(=O)NC(C)c2ccccc2)ccc1OCc1cscn1. The topological polar surface area (TPSA) is 60.5 Å². The Hall–Kier alpha value is -2.86. The van der Waals surface area contributed by atoms with Crippen molar-refractivity contribution in [2.24, 2.45) is 0 Å². The van der Waals surface area contributed by atoms with Crippen molar-refractivity contribution in [3.05, 3.63) is 76.2 Å². The van der Waals surface area contributed by atoms with Crippen LogP contribution in [-0.4, -0.2) is 18.0 Å². The van der Waals surface area contributed by atoms with E-state index >= 15 is 0 Å². The Balaban J connectivity index is 1.68. The molecule has 3 rings (SSSR count). The van der Waals surface area contributed by atoms with Gasteiger partial charge >= 0.3 is 0 Å². The van der Waals surface area contributed by atoms with Gasteiger partial charge in [-0.05, 0) is 30.7 Å². The molecule has 0 aliphatic rings. The van der Waals surface area contributed by atoms with Gasteiger partial charge in [-0.15, -0.1) is 11.3 Å². The van der Waals surface area contributed by atoms with Crippen LogP contribution < -0.4 is 14.8 Å². The van der Waals surface area contributed by atoms with Gasteiger partial charge in [0, 0.05) is 10.9 Å². The highest BCUT2D eigenvalue weighted by atomic mass is 32.1. The second-order valence-electron chi connectivity index (χ2n) is 5.74. The summed E-state index contributed by atoms with van der Waals surface area (Å²) in [6, 6.07) is 14.9. The van der Waals surface area contributed by atoms with Gasteiger partial charge in [0.05, 0.1) is 24.4 Å². The van der Waals surface area contributed by atoms with E-state index in [-0.39, 0.29) is 11.9 Å².